The van der Waals surface area contributed by atoms with Crippen LogP contribution in [0.5, 0.6) is 0 Å². The number of amides is 2. The molecule has 0 spiro atoms. The van der Waals surface area contributed by atoms with Crippen molar-refractivity contribution in [3.05, 3.63) is 60.2 Å². The Morgan fingerprint density at radius 3 is 2.46 bits per heavy atom. The molecule has 0 unspecified atom stereocenters. The van der Waals surface area contributed by atoms with Crippen molar-refractivity contribution >= 4 is 23.5 Å². The highest BCUT2D eigenvalue weighted by atomic mass is 19.1. The van der Waals surface area contributed by atoms with Gasteiger partial charge in [-0.05, 0) is 36.4 Å². The number of hydrogen-bond acceptors (Lipinski definition) is 5. The fourth-order valence-electron chi connectivity index (χ4n) is 1.66. The number of benzene rings is 1. The van der Waals surface area contributed by atoms with Crippen molar-refractivity contribution in [3.63, 3.8) is 0 Å². The average Bonchev–Trinajstić information content (AvgIpc) is 2.60. The number of aromatic nitrogens is 1. The molecule has 0 radical (unpaired) electrons. The Morgan fingerprint density at radius 2 is 1.79 bits per heavy atom. The molecule has 1 aromatic heterocycles. The summed E-state index contributed by atoms with van der Waals surface area (Å²) in [5.74, 6) is -2.28. The Morgan fingerprint density at radius 1 is 1.04 bits per heavy atom. The number of rotatable bonds is 6. The summed E-state index contributed by atoms with van der Waals surface area (Å²) in [7, 11) is 0. The largest absolute Gasteiger partial charge is 0.451 e. The molecule has 0 saturated carbocycles. The fourth-order valence-corrected chi connectivity index (χ4v) is 1.66. The zero-order chi connectivity index (χ0) is 17.4. The van der Waals surface area contributed by atoms with Crippen molar-refractivity contribution in [2.75, 3.05) is 18.5 Å². The number of nitrogens with zero attached hydrogens (tertiary/aromatic N) is 1. The first-order valence-electron chi connectivity index (χ1n) is 6.95. The molecule has 2 rings (SSSR count). The van der Waals surface area contributed by atoms with E-state index in [-0.39, 0.29) is 12.2 Å². The Balaban J connectivity index is 1.70. The Bertz CT molecular complexity index is 720. The number of anilines is 1. The van der Waals surface area contributed by atoms with Crippen molar-refractivity contribution < 1.29 is 23.5 Å². The molecule has 2 amide bonds. The molecule has 0 aliphatic heterocycles. The number of pyridine rings is 1. The maximum Gasteiger partial charge on any atom is 0.357 e. The van der Waals surface area contributed by atoms with Crippen molar-refractivity contribution in [2.45, 2.75) is 0 Å². The van der Waals surface area contributed by atoms with Crippen molar-refractivity contribution in [1.82, 2.24) is 10.3 Å². The third-order valence-corrected chi connectivity index (χ3v) is 2.78. The van der Waals surface area contributed by atoms with Crippen molar-refractivity contribution in [2.24, 2.45) is 0 Å². The molecular weight excluding hydrogens is 317 g/mol. The van der Waals surface area contributed by atoms with Crippen molar-refractivity contribution in [1.29, 1.82) is 0 Å². The number of ether oxygens (including phenoxy) is 1. The van der Waals surface area contributed by atoms with Crippen LogP contribution >= 0.6 is 0 Å². The normalized spacial score (nSPS) is 9.88. The van der Waals surface area contributed by atoms with E-state index in [9.17, 15) is 18.8 Å². The Labute approximate surface area is 136 Å². The van der Waals surface area contributed by atoms with Gasteiger partial charge >= 0.3 is 5.97 Å². The van der Waals surface area contributed by atoms with E-state index >= 15 is 0 Å². The quantitative estimate of drug-likeness (QED) is 0.774. The highest BCUT2D eigenvalue weighted by Crippen LogP contribution is 2.07. The van der Waals surface area contributed by atoms with Gasteiger partial charge in [0.1, 0.15) is 11.5 Å². The van der Waals surface area contributed by atoms with Gasteiger partial charge in [0.2, 0.25) is 5.91 Å². The molecule has 1 heterocycles. The lowest BCUT2D eigenvalue weighted by atomic mass is 10.3. The van der Waals surface area contributed by atoms with Gasteiger partial charge in [-0.15, -0.1) is 0 Å². The molecule has 24 heavy (non-hydrogen) atoms. The molecule has 8 heteroatoms. The smallest absolute Gasteiger partial charge is 0.357 e. The molecular formula is C16H14FN3O4. The zero-order valence-electron chi connectivity index (χ0n) is 12.5. The topological polar surface area (TPSA) is 97.4 Å². The summed E-state index contributed by atoms with van der Waals surface area (Å²) in [6.45, 7) is -0.837. The van der Waals surface area contributed by atoms with Crippen LogP contribution in [0.1, 0.15) is 10.5 Å². The van der Waals surface area contributed by atoms with Crippen LogP contribution < -0.4 is 10.6 Å². The lowest BCUT2D eigenvalue weighted by molar-refractivity contribution is -0.126. The van der Waals surface area contributed by atoms with Gasteiger partial charge in [-0.25, -0.2) is 14.2 Å². The summed E-state index contributed by atoms with van der Waals surface area (Å²) in [6, 6.07) is 9.90. The molecule has 0 aliphatic carbocycles. The molecule has 2 N–H and O–H groups in total. The van der Waals surface area contributed by atoms with E-state index in [1.165, 1.54) is 36.5 Å². The van der Waals surface area contributed by atoms with Crippen LogP contribution in [0.3, 0.4) is 0 Å². The van der Waals surface area contributed by atoms with Gasteiger partial charge < -0.3 is 15.4 Å². The summed E-state index contributed by atoms with van der Waals surface area (Å²) in [5, 5.41) is 4.78. The van der Waals surface area contributed by atoms with Crippen LogP contribution in [-0.4, -0.2) is 35.9 Å². The van der Waals surface area contributed by atoms with Crippen LogP contribution in [0.15, 0.2) is 48.7 Å². The molecule has 0 atom stereocenters. The van der Waals surface area contributed by atoms with E-state index in [0.29, 0.717) is 5.69 Å². The number of esters is 1. The minimum Gasteiger partial charge on any atom is -0.451 e. The van der Waals surface area contributed by atoms with Gasteiger partial charge in [0, 0.05) is 11.9 Å². The summed E-state index contributed by atoms with van der Waals surface area (Å²) >= 11 is 0. The van der Waals surface area contributed by atoms with Crippen LogP contribution in [0.4, 0.5) is 10.1 Å². The molecule has 1 aromatic carbocycles. The average molecular weight is 331 g/mol. The van der Waals surface area contributed by atoms with E-state index in [1.807, 2.05) is 0 Å². The first-order valence-corrected chi connectivity index (χ1v) is 6.95. The summed E-state index contributed by atoms with van der Waals surface area (Å²) < 4.78 is 17.5. The van der Waals surface area contributed by atoms with E-state index in [2.05, 4.69) is 15.6 Å². The second-order valence-electron chi connectivity index (χ2n) is 4.62. The van der Waals surface area contributed by atoms with Gasteiger partial charge in [-0.1, -0.05) is 6.07 Å². The number of carbonyl (C=O) groups excluding carboxylic acids is 3. The molecule has 0 bridgehead atoms. The van der Waals surface area contributed by atoms with Crippen LogP contribution in [0.25, 0.3) is 0 Å². The minimum atomic E-state index is -0.735. The monoisotopic (exact) mass is 331 g/mol. The summed E-state index contributed by atoms with van der Waals surface area (Å²) in [5.41, 5.74) is 0.483. The number of halogens is 1. The van der Waals surface area contributed by atoms with Gasteiger partial charge in [0.25, 0.3) is 5.91 Å². The lowest BCUT2D eigenvalue weighted by Crippen LogP contribution is -2.35. The molecule has 2 aromatic rings. The van der Waals surface area contributed by atoms with Crippen LogP contribution in [0, 0.1) is 5.82 Å². The van der Waals surface area contributed by atoms with Crippen molar-refractivity contribution in [3.8, 4) is 0 Å². The zero-order valence-corrected chi connectivity index (χ0v) is 12.5. The van der Waals surface area contributed by atoms with Gasteiger partial charge in [0.05, 0.1) is 6.54 Å². The molecule has 124 valence electrons. The second-order valence-corrected chi connectivity index (χ2v) is 4.62. The van der Waals surface area contributed by atoms with E-state index in [4.69, 9.17) is 4.74 Å². The molecule has 0 aliphatic rings. The molecule has 0 saturated heterocycles. The highest BCUT2D eigenvalue weighted by Gasteiger charge is 2.11. The standard InChI is InChI=1S/C16H14FN3O4/c17-11-4-6-12(7-5-11)20-14(21)9-19-15(22)10-24-16(23)13-3-1-2-8-18-13/h1-8H,9-10H2,(H,19,22)(H,20,21). The first-order chi connectivity index (χ1) is 11.5. The Kier molecular flexibility index (Phi) is 5.95. The number of carbonyl (C=O) groups is 3. The predicted molar refractivity (Wildman–Crippen MR) is 82.6 cm³/mol. The SMILES string of the molecule is O=C(COC(=O)c1ccccn1)NCC(=O)Nc1ccc(F)cc1. The number of hydrogen-bond donors (Lipinski definition) is 2. The van der Waals surface area contributed by atoms with Gasteiger partial charge in [0.15, 0.2) is 6.61 Å². The third kappa shape index (κ3) is 5.48. The maximum absolute atomic E-state index is 12.7. The maximum atomic E-state index is 12.7. The lowest BCUT2D eigenvalue weighted by Gasteiger charge is -2.07. The number of nitrogens with one attached hydrogen (secondary N) is 2. The highest BCUT2D eigenvalue weighted by molar-refractivity contribution is 5.95. The second kappa shape index (κ2) is 8.37. The predicted octanol–water partition coefficient (Wildman–Crippen LogP) is 1.13. The first kappa shape index (κ1) is 17.1. The van der Waals surface area contributed by atoms with E-state index < -0.39 is 30.2 Å². The molecule has 7 nitrogen and oxygen atoms in total. The fraction of sp³-hybridized carbons (Fsp3) is 0.125. The minimum absolute atomic E-state index is 0.0827. The third-order valence-electron chi connectivity index (χ3n) is 2.78. The Hall–Kier alpha value is -3.29. The summed E-state index contributed by atoms with van der Waals surface area (Å²) in [6.07, 6.45) is 1.43. The summed E-state index contributed by atoms with van der Waals surface area (Å²) in [4.78, 5) is 38.5. The van der Waals surface area contributed by atoms with E-state index in [0.717, 1.165) is 0 Å². The van der Waals surface area contributed by atoms with Crippen LogP contribution in [0.2, 0.25) is 0 Å². The molecule has 0 fully saturated rings. The van der Waals surface area contributed by atoms with Gasteiger partial charge in [-0.3, -0.25) is 9.59 Å². The van der Waals surface area contributed by atoms with Crippen LogP contribution in [-0.2, 0) is 14.3 Å². The van der Waals surface area contributed by atoms with E-state index in [1.54, 1.807) is 12.1 Å². The van der Waals surface area contributed by atoms with Gasteiger partial charge in [-0.2, -0.15) is 0 Å².